The van der Waals surface area contributed by atoms with Crippen LogP contribution in [-0.2, 0) is 16.0 Å². The fourth-order valence-electron chi connectivity index (χ4n) is 3.25. The molecule has 0 radical (unpaired) electrons. The van der Waals surface area contributed by atoms with Crippen molar-refractivity contribution in [3.05, 3.63) is 54.1 Å². The number of carbonyl (C=O) groups is 2. The Kier molecular flexibility index (Phi) is 6.08. The molecule has 0 spiro atoms. The highest BCUT2D eigenvalue weighted by atomic mass is 16.5. The third-order valence-corrected chi connectivity index (χ3v) is 4.61. The Morgan fingerprint density at radius 1 is 1.11 bits per heavy atom. The highest BCUT2D eigenvalue weighted by Gasteiger charge is 2.42. The first-order chi connectivity index (χ1) is 13.1. The van der Waals surface area contributed by atoms with E-state index in [2.05, 4.69) is 0 Å². The molecule has 0 unspecified atom stereocenters. The van der Waals surface area contributed by atoms with Gasteiger partial charge >= 0.3 is 0 Å². The van der Waals surface area contributed by atoms with Crippen LogP contribution < -0.4 is 19.7 Å². The summed E-state index contributed by atoms with van der Waals surface area (Å²) in [5.74, 6) is 1.23. The van der Waals surface area contributed by atoms with E-state index < -0.39 is 0 Å². The first kappa shape index (κ1) is 18.9. The number of benzene rings is 2. The predicted octanol–water partition coefficient (Wildman–Crippen LogP) is 1.53. The summed E-state index contributed by atoms with van der Waals surface area (Å²) in [6.45, 7) is 3.21. The lowest BCUT2D eigenvalue weighted by Gasteiger charge is -2.15. The van der Waals surface area contributed by atoms with Crippen LogP contribution in [0.1, 0.15) is 18.9 Å². The van der Waals surface area contributed by atoms with Crippen molar-refractivity contribution in [2.45, 2.75) is 25.8 Å². The van der Waals surface area contributed by atoms with Gasteiger partial charge in [-0.25, -0.2) is 4.90 Å². The number of nitrogens with two attached hydrogens (primary N) is 1. The number of amides is 2. The number of carbonyl (C=O) groups excluding carboxylic acids is 2. The van der Waals surface area contributed by atoms with Crippen molar-refractivity contribution in [3.8, 4) is 11.5 Å². The Morgan fingerprint density at radius 3 is 2.59 bits per heavy atom. The summed E-state index contributed by atoms with van der Waals surface area (Å²) < 4.78 is 10.6. The van der Waals surface area contributed by atoms with Crippen LogP contribution in [0.3, 0.4) is 0 Å². The van der Waals surface area contributed by atoms with Crippen LogP contribution >= 0.6 is 0 Å². The Bertz CT molecular complexity index is 804. The molecule has 1 fully saturated rings. The topological polar surface area (TPSA) is 72.4 Å². The number of rotatable bonds is 8. The summed E-state index contributed by atoms with van der Waals surface area (Å²) in [5, 5.41) is 1.95. The number of methoxy groups -OCH3 is 1. The minimum absolute atomic E-state index is 0.158. The minimum atomic E-state index is -0.366. The molecule has 0 saturated carbocycles. The summed E-state index contributed by atoms with van der Waals surface area (Å²) in [5.41, 5.74) is 1.74. The van der Waals surface area contributed by atoms with Crippen molar-refractivity contribution in [2.75, 3.05) is 25.2 Å². The SMILES string of the molecule is CCOc1ccc(N2C(=O)C[C@@H]([NH2+]CCc3cccc(OC)c3)C2=O)cc1. The highest BCUT2D eigenvalue weighted by molar-refractivity contribution is 6.21. The van der Waals surface area contributed by atoms with Crippen molar-refractivity contribution in [2.24, 2.45) is 0 Å². The van der Waals surface area contributed by atoms with Gasteiger partial charge in [-0.3, -0.25) is 9.59 Å². The van der Waals surface area contributed by atoms with E-state index in [1.54, 1.807) is 31.4 Å². The van der Waals surface area contributed by atoms with E-state index in [-0.39, 0.29) is 24.3 Å². The highest BCUT2D eigenvalue weighted by Crippen LogP contribution is 2.24. The Morgan fingerprint density at radius 2 is 1.89 bits per heavy atom. The third kappa shape index (κ3) is 4.46. The number of nitrogens with zero attached hydrogens (tertiary/aromatic N) is 1. The molecule has 2 aromatic rings. The van der Waals surface area contributed by atoms with Gasteiger partial charge in [-0.1, -0.05) is 12.1 Å². The van der Waals surface area contributed by atoms with Gasteiger partial charge in [0.2, 0.25) is 5.91 Å². The molecule has 1 aliphatic rings. The standard InChI is InChI=1S/C21H24N2O4/c1-3-27-17-9-7-16(8-10-17)23-20(24)14-19(21(23)25)22-12-11-15-5-4-6-18(13-15)26-2/h4-10,13,19,22H,3,11-12,14H2,1-2H3/p+1/t19-/m1/s1. The lowest BCUT2D eigenvalue weighted by atomic mass is 10.1. The zero-order valence-corrected chi connectivity index (χ0v) is 15.7. The molecule has 0 aromatic heterocycles. The van der Waals surface area contributed by atoms with E-state index in [4.69, 9.17) is 9.47 Å². The fraction of sp³-hybridized carbons (Fsp3) is 0.333. The largest absolute Gasteiger partial charge is 0.497 e. The molecule has 3 rings (SSSR count). The first-order valence-corrected chi connectivity index (χ1v) is 9.18. The van der Waals surface area contributed by atoms with Gasteiger partial charge in [0.25, 0.3) is 5.91 Å². The Labute approximate surface area is 159 Å². The first-order valence-electron chi connectivity index (χ1n) is 9.18. The van der Waals surface area contributed by atoms with Crippen LogP contribution in [0.4, 0.5) is 5.69 Å². The van der Waals surface area contributed by atoms with E-state index in [0.717, 1.165) is 30.0 Å². The molecule has 2 aromatic carbocycles. The zero-order chi connectivity index (χ0) is 19.2. The van der Waals surface area contributed by atoms with Crippen LogP contribution in [0.2, 0.25) is 0 Å². The number of ether oxygens (including phenoxy) is 2. The summed E-state index contributed by atoms with van der Waals surface area (Å²) in [6, 6.07) is 14.6. The van der Waals surface area contributed by atoms with Crippen molar-refractivity contribution in [3.63, 3.8) is 0 Å². The Hall–Kier alpha value is -2.86. The molecule has 1 heterocycles. The Balaban J connectivity index is 1.58. The maximum atomic E-state index is 12.7. The van der Waals surface area contributed by atoms with Gasteiger partial charge in [0.1, 0.15) is 11.5 Å². The second-order valence-corrected chi connectivity index (χ2v) is 6.43. The van der Waals surface area contributed by atoms with E-state index in [0.29, 0.717) is 12.3 Å². The molecule has 0 aliphatic carbocycles. The number of hydrogen-bond acceptors (Lipinski definition) is 4. The van der Waals surface area contributed by atoms with Gasteiger partial charge in [0, 0.05) is 6.42 Å². The summed E-state index contributed by atoms with van der Waals surface area (Å²) in [4.78, 5) is 26.3. The second kappa shape index (κ2) is 8.68. The molecule has 142 valence electrons. The molecule has 1 atom stereocenters. The normalized spacial score (nSPS) is 16.7. The average molecular weight is 369 g/mol. The molecule has 0 bridgehead atoms. The molecule has 6 heteroatoms. The second-order valence-electron chi connectivity index (χ2n) is 6.43. The molecular formula is C21H25N2O4+. The molecule has 6 nitrogen and oxygen atoms in total. The molecule has 27 heavy (non-hydrogen) atoms. The number of imide groups is 1. The van der Waals surface area contributed by atoms with E-state index in [9.17, 15) is 9.59 Å². The van der Waals surface area contributed by atoms with Crippen molar-refractivity contribution in [1.82, 2.24) is 0 Å². The van der Waals surface area contributed by atoms with Gasteiger partial charge in [0.05, 0.1) is 32.4 Å². The van der Waals surface area contributed by atoms with Crippen molar-refractivity contribution < 1.29 is 24.4 Å². The van der Waals surface area contributed by atoms with E-state index in [1.807, 2.05) is 36.5 Å². The molecule has 1 aliphatic heterocycles. The number of anilines is 1. The van der Waals surface area contributed by atoms with E-state index in [1.165, 1.54) is 4.90 Å². The van der Waals surface area contributed by atoms with Crippen molar-refractivity contribution in [1.29, 1.82) is 0 Å². The van der Waals surface area contributed by atoms with Crippen LogP contribution in [0.5, 0.6) is 11.5 Å². The molecule has 2 amide bonds. The monoisotopic (exact) mass is 369 g/mol. The lowest BCUT2D eigenvalue weighted by molar-refractivity contribution is -0.674. The van der Waals surface area contributed by atoms with Gasteiger partial charge in [-0.15, -0.1) is 0 Å². The lowest BCUT2D eigenvalue weighted by Crippen LogP contribution is -2.92. The fourth-order valence-corrected chi connectivity index (χ4v) is 3.25. The van der Waals surface area contributed by atoms with Gasteiger partial charge in [-0.2, -0.15) is 0 Å². The summed E-state index contributed by atoms with van der Waals surface area (Å²) in [7, 11) is 1.64. The predicted molar refractivity (Wildman–Crippen MR) is 102 cm³/mol. The van der Waals surface area contributed by atoms with Crippen LogP contribution in [-0.4, -0.2) is 38.1 Å². The zero-order valence-electron chi connectivity index (χ0n) is 15.7. The smallest absolute Gasteiger partial charge is 0.292 e. The maximum Gasteiger partial charge on any atom is 0.292 e. The molecule has 2 N–H and O–H groups in total. The van der Waals surface area contributed by atoms with Crippen molar-refractivity contribution >= 4 is 17.5 Å². The third-order valence-electron chi connectivity index (χ3n) is 4.61. The van der Waals surface area contributed by atoms with Crippen LogP contribution in [0.25, 0.3) is 0 Å². The van der Waals surface area contributed by atoms with Gasteiger partial charge < -0.3 is 14.8 Å². The quantitative estimate of drug-likeness (QED) is 0.717. The van der Waals surface area contributed by atoms with Crippen LogP contribution in [0, 0.1) is 0 Å². The van der Waals surface area contributed by atoms with E-state index >= 15 is 0 Å². The summed E-state index contributed by atoms with van der Waals surface area (Å²) >= 11 is 0. The maximum absolute atomic E-state index is 12.7. The number of quaternary nitrogens is 1. The molecular weight excluding hydrogens is 344 g/mol. The van der Waals surface area contributed by atoms with Gasteiger partial charge in [0.15, 0.2) is 6.04 Å². The minimum Gasteiger partial charge on any atom is -0.497 e. The van der Waals surface area contributed by atoms with Crippen LogP contribution in [0.15, 0.2) is 48.5 Å². The number of hydrogen-bond donors (Lipinski definition) is 1. The molecule has 1 saturated heterocycles. The average Bonchev–Trinajstić information content (AvgIpc) is 2.96. The van der Waals surface area contributed by atoms with Gasteiger partial charge in [-0.05, 0) is 48.9 Å². The summed E-state index contributed by atoms with van der Waals surface area (Å²) in [6.07, 6.45) is 1.03.